The number of ether oxygens (including phenoxy) is 1. The molecule has 0 bridgehead atoms. The fraction of sp³-hybridized carbons (Fsp3) is 0.0833. The highest BCUT2D eigenvalue weighted by atomic mass is 32.2. The number of rotatable bonds is 7. The Morgan fingerprint density at radius 3 is 2.17 bits per heavy atom. The van der Waals surface area contributed by atoms with Crippen molar-refractivity contribution in [2.24, 2.45) is 0 Å². The van der Waals surface area contributed by atoms with Crippen molar-refractivity contribution in [3.8, 4) is 5.75 Å². The van der Waals surface area contributed by atoms with Crippen molar-refractivity contribution in [3.05, 3.63) is 101 Å². The molecular weight excluding hydrogens is 396 g/mol. The van der Waals surface area contributed by atoms with Crippen molar-refractivity contribution in [1.29, 1.82) is 0 Å². The molecule has 0 aromatic heterocycles. The Morgan fingerprint density at radius 2 is 1.47 bits per heavy atom. The van der Waals surface area contributed by atoms with E-state index < -0.39 is 0 Å². The molecule has 5 nitrogen and oxygen atoms in total. The van der Waals surface area contributed by atoms with Crippen LogP contribution in [0.15, 0.2) is 100 Å². The van der Waals surface area contributed by atoms with Crippen molar-refractivity contribution in [1.82, 2.24) is 4.90 Å². The van der Waals surface area contributed by atoms with Gasteiger partial charge in [-0.1, -0.05) is 72.4 Å². The predicted molar refractivity (Wildman–Crippen MR) is 118 cm³/mol. The normalized spacial score (nSPS) is 13.7. The van der Waals surface area contributed by atoms with Gasteiger partial charge in [-0.15, -0.1) is 0 Å². The van der Waals surface area contributed by atoms with Gasteiger partial charge in [0, 0.05) is 4.90 Å². The van der Waals surface area contributed by atoms with Gasteiger partial charge in [0.2, 0.25) is 0 Å². The number of carbonyl (C=O) groups excluding carboxylic acids is 2. The van der Waals surface area contributed by atoms with Crippen LogP contribution in [0.5, 0.6) is 5.75 Å². The first-order valence-electron chi connectivity index (χ1n) is 9.44. The van der Waals surface area contributed by atoms with E-state index in [2.05, 4.69) is 5.32 Å². The van der Waals surface area contributed by atoms with Gasteiger partial charge < -0.3 is 10.1 Å². The summed E-state index contributed by atoms with van der Waals surface area (Å²) in [6.45, 7) is 0.217. The largest absolute Gasteiger partial charge is 0.495 e. The number of benzene rings is 3. The quantitative estimate of drug-likeness (QED) is 0.567. The topological polar surface area (TPSA) is 58.6 Å². The summed E-state index contributed by atoms with van der Waals surface area (Å²) in [6.07, 6.45) is 0. The molecule has 0 saturated carbocycles. The van der Waals surface area contributed by atoms with E-state index in [9.17, 15) is 9.59 Å². The lowest BCUT2D eigenvalue weighted by Gasteiger charge is -2.15. The molecule has 0 atom stereocenters. The third-order valence-electron chi connectivity index (χ3n) is 4.64. The molecule has 0 aliphatic carbocycles. The van der Waals surface area contributed by atoms with Crippen LogP contribution in [0, 0.1) is 0 Å². The minimum atomic E-state index is -0.354. The average molecular weight is 417 g/mol. The molecule has 1 heterocycles. The second kappa shape index (κ2) is 8.88. The predicted octanol–water partition coefficient (Wildman–Crippen LogP) is 4.68. The monoisotopic (exact) mass is 416 g/mol. The van der Waals surface area contributed by atoms with Gasteiger partial charge in [-0.05, 0) is 29.8 Å². The summed E-state index contributed by atoms with van der Waals surface area (Å²) < 4.78 is 5.39. The molecule has 0 saturated heterocycles. The minimum Gasteiger partial charge on any atom is -0.495 e. The number of nitrogens with zero attached hydrogens (tertiary/aromatic N) is 1. The number of thioether (sulfide) groups is 1. The molecule has 0 unspecified atom stereocenters. The molecule has 4 rings (SSSR count). The SMILES string of the molecule is COc1ccccc1NC1=C(Sc2ccccc2)C(=O)N(Cc2ccccc2)C1=O. The molecule has 0 spiro atoms. The number of para-hydroxylation sites is 2. The summed E-state index contributed by atoms with van der Waals surface area (Å²) in [4.78, 5) is 29.0. The molecule has 1 N–H and O–H groups in total. The van der Waals surface area contributed by atoms with Crippen LogP contribution in [0.4, 0.5) is 5.69 Å². The summed E-state index contributed by atoms with van der Waals surface area (Å²) in [5, 5.41) is 3.15. The van der Waals surface area contributed by atoms with Crippen molar-refractivity contribution in [2.75, 3.05) is 12.4 Å². The summed E-state index contributed by atoms with van der Waals surface area (Å²) in [6, 6.07) is 26.3. The maximum atomic E-state index is 13.3. The van der Waals surface area contributed by atoms with Gasteiger partial charge in [-0.2, -0.15) is 0 Å². The van der Waals surface area contributed by atoms with E-state index >= 15 is 0 Å². The first-order valence-corrected chi connectivity index (χ1v) is 10.3. The van der Waals surface area contributed by atoms with Gasteiger partial charge >= 0.3 is 0 Å². The number of carbonyl (C=O) groups is 2. The molecule has 0 radical (unpaired) electrons. The smallest absolute Gasteiger partial charge is 0.278 e. The fourth-order valence-corrected chi connectivity index (χ4v) is 4.12. The minimum absolute atomic E-state index is 0.217. The molecule has 0 fully saturated rings. The summed E-state index contributed by atoms with van der Waals surface area (Å²) in [7, 11) is 1.57. The molecular formula is C24H20N2O3S. The van der Waals surface area contributed by atoms with Crippen LogP contribution in [0.1, 0.15) is 5.56 Å². The molecule has 30 heavy (non-hydrogen) atoms. The van der Waals surface area contributed by atoms with Crippen molar-refractivity contribution in [3.63, 3.8) is 0 Å². The Kier molecular flexibility index (Phi) is 5.86. The third kappa shape index (κ3) is 4.09. The number of methoxy groups -OCH3 is 1. The maximum absolute atomic E-state index is 13.3. The van der Waals surface area contributed by atoms with Crippen molar-refractivity contribution >= 4 is 29.3 Å². The lowest BCUT2D eigenvalue weighted by molar-refractivity contribution is -0.137. The lowest BCUT2D eigenvalue weighted by Crippen LogP contribution is -2.31. The second-order valence-electron chi connectivity index (χ2n) is 6.63. The molecule has 150 valence electrons. The van der Waals surface area contributed by atoms with E-state index in [0.717, 1.165) is 10.5 Å². The highest BCUT2D eigenvalue weighted by Gasteiger charge is 2.39. The average Bonchev–Trinajstić information content (AvgIpc) is 3.00. The molecule has 3 aromatic carbocycles. The molecule has 2 amide bonds. The zero-order chi connectivity index (χ0) is 20.9. The van der Waals surface area contributed by atoms with E-state index in [4.69, 9.17) is 4.74 Å². The van der Waals surface area contributed by atoms with Crippen LogP contribution in [-0.4, -0.2) is 23.8 Å². The van der Waals surface area contributed by atoms with Gasteiger partial charge in [0.1, 0.15) is 16.4 Å². The molecule has 3 aromatic rings. The number of hydrogen-bond donors (Lipinski definition) is 1. The number of nitrogens with one attached hydrogen (secondary N) is 1. The van der Waals surface area contributed by atoms with Gasteiger partial charge in [0.15, 0.2) is 0 Å². The van der Waals surface area contributed by atoms with Crippen LogP contribution in [0.2, 0.25) is 0 Å². The van der Waals surface area contributed by atoms with E-state index in [1.807, 2.05) is 78.9 Å². The highest BCUT2D eigenvalue weighted by Crippen LogP contribution is 2.37. The van der Waals surface area contributed by atoms with Crippen LogP contribution >= 0.6 is 11.8 Å². The summed E-state index contributed by atoms with van der Waals surface area (Å²) in [5.74, 6) is -0.0703. The molecule has 6 heteroatoms. The van der Waals surface area contributed by atoms with Crippen LogP contribution < -0.4 is 10.1 Å². The third-order valence-corrected chi connectivity index (χ3v) is 5.73. The van der Waals surface area contributed by atoms with Crippen LogP contribution in [-0.2, 0) is 16.1 Å². The van der Waals surface area contributed by atoms with Gasteiger partial charge in [0.25, 0.3) is 11.8 Å². The highest BCUT2D eigenvalue weighted by molar-refractivity contribution is 8.04. The number of anilines is 1. The Hall–Kier alpha value is -3.51. The van der Waals surface area contributed by atoms with E-state index in [-0.39, 0.29) is 24.1 Å². The van der Waals surface area contributed by atoms with Crippen molar-refractivity contribution in [2.45, 2.75) is 11.4 Å². The van der Waals surface area contributed by atoms with E-state index in [0.29, 0.717) is 16.3 Å². The van der Waals surface area contributed by atoms with E-state index in [1.165, 1.54) is 16.7 Å². The summed E-state index contributed by atoms with van der Waals surface area (Å²) >= 11 is 1.28. The Bertz CT molecular complexity index is 1100. The standard InChI is InChI=1S/C24H20N2O3S/c1-29-20-15-9-8-14-19(20)25-21-22(30-18-12-6-3-7-13-18)24(28)26(23(21)27)16-17-10-4-2-5-11-17/h2-15,25H,16H2,1H3. The van der Waals surface area contributed by atoms with E-state index in [1.54, 1.807) is 13.2 Å². The van der Waals surface area contributed by atoms with Crippen LogP contribution in [0.25, 0.3) is 0 Å². The zero-order valence-corrected chi connectivity index (χ0v) is 17.2. The molecule has 1 aliphatic rings. The Morgan fingerprint density at radius 1 is 0.833 bits per heavy atom. The first-order chi connectivity index (χ1) is 14.7. The number of amides is 2. The first kappa shape index (κ1) is 19.8. The number of hydrogen-bond acceptors (Lipinski definition) is 5. The zero-order valence-electron chi connectivity index (χ0n) is 16.4. The Balaban J connectivity index is 1.70. The van der Waals surface area contributed by atoms with Crippen molar-refractivity contribution < 1.29 is 14.3 Å². The van der Waals surface area contributed by atoms with Crippen LogP contribution in [0.3, 0.4) is 0 Å². The number of imide groups is 1. The van der Waals surface area contributed by atoms with Gasteiger partial charge in [0.05, 0.1) is 19.3 Å². The van der Waals surface area contributed by atoms with Gasteiger partial charge in [-0.3, -0.25) is 14.5 Å². The second-order valence-corrected chi connectivity index (χ2v) is 7.71. The fourth-order valence-electron chi connectivity index (χ4n) is 3.16. The van der Waals surface area contributed by atoms with Gasteiger partial charge in [-0.25, -0.2) is 0 Å². The lowest BCUT2D eigenvalue weighted by atomic mass is 10.2. The maximum Gasteiger partial charge on any atom is 0.278 e. The molecule has 1 aliphatic heterocycles. The Labute approximate surface area is 179 Å². The summed E-state index contributed by atoms with van der Waals surface area (Å²) in [5.41, 5.74) is 1.78.